The number of nitrogens with one attached hydrogen (secondary N) is 1. The molecule has 0 bridgehead atoms. The number of benzene rings is 2. The average Bonchev–Trinajstić information content (AvgIpc) is 3.17. The smallest absolute Gasteiger partial charge is 0.292 e. The molecule has 5 heteroatoms. The number of imide groups is 1. The fraction of sp³-hybridized carbons (Fsp3) is 0.238. The van der Waals surface area contributed by atoms with Crippen molar-refractivity contribution in [2.24, 2.45) is 0 Å². The van der Waals surface area contributed by atoms with Crippen molar-refractivity contribution in [3.05, 3.63) is 65.9 Å². The molecule has 2 amide bonds. The number of hydrogen-bond acceptors (Lipinski definition) is 2. The van der Waals surface area contributed by atoms with E-state index >= 15 is 0 Å². The quantitative estimate of drug-likeness (QED) is 0.692. The molecule has 3 aromatic rings. The van der Waals surface area contributed by atoms with Gasteiger partial charge < -0.3 is 10.3 Å². The molecule has 0 radical (unpaired) electrons. The number of quaternary nitrogens is 1. The molecule has 26 heavy (non-hydrogen) atoms. The lowest BCUT2D eigenvalue weighted by Gasteiger charge is -2.14. The van der Waals surface area contributed by atoms with Gasteiger partial charge in [0, 0.05) is 23.5 Å². The number of aromatic nitrogens is 1. The summed E-state index contributed by atoms with van der Waals surface area (Å²) in [5.74, 6) is -0.232. The number of para-hydroxylation sites is 1. The molecule has 4 rings (SSSR count). The van der Waals surface area contributed by atoms with E-state index in [9.17, 15) is 9.59 Å². The third-order valence-corrected chi connectivity index (χ3v) is 5.01. The summed E-state index contributed by atoms with van der Waals surface area (Å²) in [5, 5.41) is 3.21. The van der Waals surface area contributed by atoms with Crippen LogP contribution in [0.3, 0.4) is 0 Å². The zero-order valence-electron chi connectivity index (χ0n) is 14.7. The topological polar surface area (TPSA) is 69.8 Å². The number of carbonyl (C=O) groups excluding carboxylic acids is 2. The van der Waals surface area contributed by atoms with Crippen LogP contribution in [0.1, 0.15) is 17.5 Å². The first-order chi connectivity index (χ1) is 12.6. The number of anilines is 1. The second-order valence-electron chi connectivity index (χ2n) is 6.85. The van der Waals surface area contributed by atoms with Crippen molar-refractivity contribution < 1.29 is 14.9 Å². The van der Waals surface area contributed by atoms with E-state index in [4.69, 9.17) is 0 Å². The Morgan fingerprint density at radius 3 is 2.69 bits per heavy atom. The van der Waals surface area contributed by atoms with Gasteiger partial charge in [-0.05, 0) is 30.7 Å². The Hall–Kier alpha value is -2.92. The molecule has 0 aliphatic carbocycles. The Labute approximate surface area is 152 Å². The molecule has 1 aliphatic rings. The molecule has 1 fully saturated rings. The van der Waals surface area contributed by atoms with Crippen LogP contribution in [0.25, 0.3) is 10.9 Å². The van der Waals surface area contributed by atoms with Gasteiger partial charge in [-0.1, -0.05) is 35.9 Å². The van der Waals surface area contributed by atoms with Gasteiger partial charge in [-0.15, -0.1) is 0 Å². The lowest BCUT2D eigenvalue weighted by Crippen LogP contribution is -2.92. The van der Waals surface area contributed by atoms with Gasteiger partial charge in [-0.25, -0.2) is 4.90 Å². The van der Waals surface area contributed by atoms with Crippen molar-refractivity contribution >= 4 is 28.4 Å². The molecule has 1 aromatic heterocycles. The van der Waals surface area contributed by atoms with E-state index in [0.717, 1.165) is 24.0 Å². The average molecular weight is 348 g/mol. The number of rotatable bonds is 5. The molecule has 0 saturated carbocycles. The fourth-order valence-electron chi connectivity index (χ4n) is 3.58. The van der Waals surface area contributed by atoms with Gasteiger partial charge in [0.1, 0.15) is 0 Å². The van der Waals surface area contributed by atoms with Crippen molar-refractivity contribution in [1.29, 1.82) is 0 Å². The molecule has 0 spiro atoms. The van der Waals surface area contributed by atoms with Crippen molar-refractivity contribution in [2.75, 3.05) is 11.4 Å². The minimum atomic E-state index is -0.325. The van der Waals surface area contributed by atoms with Crippen molar-refractivity contribution in [3.8, 4) is 0 Å². The molecule has 1 aliphatic heterocycles. The first-order valence-corrected chi connectivity index (χ1v) is 8.95. The number of carbonyl (C=O) groups is 2. The largest absolute Gasteiger partial charge is 0.361 e. The highest BCUT2D eigenvalue weighted by Crippen LogP contribution is 2.22. The highest BCUT2D eigenvalue weighted by atomic mass is 16.2. The highest BCUT2D eigenvalue weighted by molar-refractivity contribution is 6.21. The van der Waals surface area contributed by atoms with Crippen LogP contribution < -0.4 is 10.2 Å². The Morgan fingerprint density at radius 2 is 1.88 bits per heavy atom. The molecular weight excluding hydrogens is 326 g/mol. The Morgan fingerprint density at radius 1 is 1.12 bits per heavy atom. The molecule has 132 valence electrons. The van der Waals surface area contributed by atoms with Gasteiger partial charge in [0.15, 0.2) is 6.04 Å². The zero-order valence-corrected chi connectivity index (χ0v) is 14.7. The molecule has 3 N–H and O–H groups in total. The number of H-pyrrole nitrogens is 1. The minimum absolute atomic E-state index is 0.113. The van der Waals surface area contributed by atoms with E-state index in [2.05, 4.69) is 17.1 Å². The predicted molar refractivity (Wildman–Crippen MR) is 101 cm³/mol. The Balaban J connectivity index is 1.40. The molecule has 2 aromatic carbocycles. The lowest BCUT2D eigenvalue weighted by atomic mass is 10.1. The summed E-state index contributed by atoms with van der Waals surface area (Å²) < 4.78 is 0. The first kappa shape index (κ1) is 16.5. The third-order valence-electron chi connectivity index (χ3n) is 5.01. The van der Waals surface area contributed by atoms with Gasteiger partial charge in [-0.2, -0.15) is 0 Å². The molecular formula is C21H22N3O2+. The van der Waals surface area contributed by atoms with E-state index < -0.39 is 0 Å². The molecule has 2 heterocycles. The Bertz CT molecular complexity index is 959. The maximum atomic E-state index is 12.7. The van der Waals surface area contributed by atoms with Gasteiger partial charge in [0.2, 0.25) is 5.91 Å². The van der Waals surface area contributed by atoms with E-state index in [-0.39, 0.29) is 24.3 Å². The SMILES string of the molecule is Cc1ccc(N2C(=O)CC([NH2+]CCc3c[nH]c4ccccc34)C2=O)cc1. The number of fused-ring (bicyclic) bond motifs is 1. The molecule has 1 unspecified atom stereocenters. The van der Waals surface area contributed by atoms with Gasteiger partial charge in [0.25, 0.3) is 5.91 Å². The summed E-state index contributed by atoms with van der Waals surface area (Å²) in [6.45, 7) is 2.76. The Kier molecular flexibility index (Phi) is 4.31. The summed E-state index contributed by atoms with van der Waals surface area (Å²) in [5.41, 5.74) is 4.14. The zero-order chi connectivity index (χ0) is 18.1. The van der Waals surface area contributed by atoms with Crippen LogP contribution in [0.2, 0.25) is 0 Å². The lowest BCUT2D eigenvalue weighted by molar-refractivity contribution is -0.674. The summed E-state index contributed by atoms with van der Waals surface area (Å²) in [6, 6.07) is 15.4. The highest BCUT2D eigenvalue weighted by Gasteiger charge is 2.41. The van der Waals surface area contributed by atoms with Gasteiger partial charge >= 0.3 is 0 Å². The summed E-state index contributed by atoms with van der Waals surface area (Å²) in [4.78, 5) is 29.6. The van der Waals surface area contributed by atoms with Crippen LogP contribution in [0, 0.1) is 6.92 Å². The van der Waals surface area contributed by atoms with E-state index in [0.29, 0.717) is 5.69 Å². The minimum Gasteiger partial charge on any atom is -0.361 e. The van der Waals surface area contributed by atoms with Crippen molar-refractivity contribution in [2.45, 2.75) is 25.8 Å². The van der Waals surface area contributed by atoms with E-state index in [1.54, 1.807) is 0 Å². The van der Waals surface area contributed by atoms with Crippen LogP contribution in [0.4, 0.5) is 5.69 Å². The first-order valence-electron chi connectivity index (χ1n) is 8.95. The third kappa shape index (κ3) is 3.02. The number of nitrogens with zero attached hydrogens (tertiary/aromatic N) is 1. The normalized spacial score (nSPS) is 17.4. The second kappa shape index (κ2) is 6.77. The van der Waals surface area contributed by atoms with Gasteiger partial charge in [-0.3, -0.25) is 9.59 Å². The second-order valence-corrected chi connectivity index (χ2v) is 6.85. The number of hydrogen-bond donors (Lipinski definition) is 2. The molecule has 1 saturated heterocycles. The van der Waals surface area contributed by atoms with Crippen molar-refractivity contribution in [1.82, 2.24) is 4.98 Å². The predicted octanol–water partition coefficient (Wildman–Crippen LogP) is 1.91. The van der Waals surface area contributed by atoms with Crippen LogP contribution in [0.5, 0.6) is 0 Å². The summed E-state index contributed by atoms with van der Waals surface area (Å²) in [6.07, 6.45) is 3.14. The number of aromatic amines is 1. The molecule has 1 atom stereocenters. The fourth-order valence-corrected chi connectivity index (χ4v) is 3.58. The molecule has 5 nitrogen and oxygen atoms in total. The summed E-state index contributed by atoms with van der Waals surface area (Å²) >= 11 is 0. The van der Waals surface area contributed by atoms with Gasteiger partial charge in [0.05, 0.1) is 18.7 Å². The number of nitrogens with two attached hydrogens (primary N) is 1. The van der Waals surface area contributed by atoms with E-state index in [1.807, 2.05) is 54.8 Å². The van der Waals surface area contributed by atoms with Crippen LogP contribution in [0.15, 0.2) is 54.7 Å². The van der Waals surface area contributed by atoms with Crippen LogP contribution >= 0.6 is 0 Å². The standard InChI is InChI=1S/C21H21N3O2/c1-14-6-8-16(9-7-14)24-20(25)12-19(21(24)26)22-11-10-15-13-23-18-5-3-2-4-17(15)18/h2-9,13,19,22-23H,10-12H2,1H3/p+1. The maximum Gasteiger partial charge on any atom is 0.292 e. The maximum absolute atomic E-state index is 12.7. The number of aryl methyl sites for hydroxylation is 1. The van der Waals surface area contributed by atoms with E-state index in [1.165, 1.54) is 15.8 Å². The number of amides is 2. The summed E-state index contributed by atoms with van der Waals surface area (Å²) in [7, 11) is 0. The van der Waals surface area contributed by atoms with Crippen molar-refractivity contribution in [3.63, 3.8) is 0 Å². The monoisotopic (exact) mass is 348 g/mol. The van der Waals surface area contributed by atoms with Crippen LogP contribution in [-0.2, 0) is 16.0 Å². The van der Waals surface area contributed by atoms with Crippen LogP contribution in [-0.4, -0.2) is 29.4 Å².